The topological polar surface area (TPSA) is 43.4 Å². The SMILES string of the molecule is CCCCCCC(CC)CC(=O)CCC(=O)OCC. The Kier molecular flexibility index (Phi) is 11.6. The number of ether oxygens (including phenoxy) is 1. The van der Waals surface area contributed by atoms with E-state index in [4.69, 9.17) is 4.74 Å². The third-order valence-corrected chi connectivity index (χ3v) is 3.47. The number of esters is 1. The molecule has 0 bridgehead atoms. The zero-order valence-corrected chi connectivity index (χ0v) is 12.9. The first-order valence-electron chi connectivity index (χ1n) is 7.81. The van der Waals surface area contributed by atoms with E-state index >= 15 is 0 Å². The molecule has 112 valence electrons. The number of ketones is 1. The highest BCUT2D eigenvalue weighted by atomic mass is 16.5. The number of hydrogen-bond donors (Lipinski definition) is 0. The van der Waals surface area contributed by atoms with Crippen LogP contribution < -0.4 is 0 Å². The highest BCUT2D eigenvalue weighted by Gasteiger charge is 2.13. The highest BCUT2D eigenvalue weighted by molar-refractivity contribution is 5.83. The first-order chi connectivity index (χ1) is 9.13. The zero-order valence-electron chi connectivity index (χ0n) is 12.9. The lowest BCUT2D eigenvalue weighted by atomic mass is 9.92. The Labute approximate surface area is 118 Å². The smallest absolute Gasteiger partial charge is 0.306 e. The summed E-state index contributed by atoms with van der Waals surface area (Å²) in [5, 5.41) is 0. The van der Waals surface area contributed by atoms with Gasteiger partial charge in [-0.25, -0.2) is 0 Å². The van der Waals surface area contributed by atoms with Crippen molar-refractivity contribution in [2.45, 2.75) is 78.6 Å². The van der Waals surface area contributed by atoms with Gasteiger partial charge in [-0.05, 0) is 12.8 Å². The molecule has 0 saturated heterocycles. The molecule has 0 aliphatic heterocycles. The molecule has 1 unspecified atom stereocenters. The maximum atomic E-state index is 11.8. The van der Waals surface area contributed by atoms with Crippen molar-refractivity contribution in [2.24, 2.45) is 5.92 Å². The fraction of sp³-hybridized carbons (Fsp3) is 0.875. The van der Waals surface area contributed by atoms with E-state index in [1.807, 2.05) is 0 Å². The van der Waals surface area contributed by atoms with E-state index in [9.17, 15) is 9.59 Å². The Hall–Kier alpha value is -0.860. The van der Waals surface area contributed by atoms with Crippen LogP contribution in [0.4, 0.5) is 0 Å². The molecule has 0 aromatic carbocycles. The second kappa shape index (κ2) is 12.2. The van der Waals surface area contributed by atoms with Crippen molar-refractivity contribution in [2.75, 3.05) is 6.61 Å². The van der Waals surface area contributed by atoms with Gasteiger partial charge >= 0.3 is 5.97 Å². The molecule has 0 radical (unpaired) electrons. The van der Waals surface area contributed by atoms with Crippen LogP contribution in [-0.2, 0) is 14.3 Å². The number of Topliss-reactive ketones (excluding diaryl/α,β-unsaturated/α-hetero) is 1. The van der Waals surface area contributed by atoms with Crippen molar-refractivity contribution < 1.29 is 14.3 Å². The average Bonchev–Trinajstić information content (AvgIpc) is 2.40. The molecule has 0 aromatic rings. The van der Waals surface area contributed by atoms with Gasteiger partial charge in [0.05, 0.1) is 13.0 Å². The minimum absolute atomic E-state index is 0.204. The highest BCUT2D eigenvalue weighted by Crippen LogP contribution is 2.19. The molecule has 1 atom stereocenters. The van der Waals surface area contributed by atoms with Gasteiger partial charge in [-0.15, -0.1) is 0 Å². The molecule has 0 amide bonds. The first-order valence-corrected chi connectivity index (χ1v) is 7.81. The van der Waals surface area contributed by atoms with Crippen molar-refractivity contribution in [3.05, 3.63) is 0 Å². The fourth-order valence-corrected chi connectivity index (χ4v) is 2.21. The summed E-state index contributed by atoms with van der Waals surface area (Å²) in [6.45, 7) is 6.52. The Morgan fingerprint density at radius 3 is 2.32 bits per heavy atom. The van der Waals surface area contributed by atoms with Crippen LogP contribution >= 0.6 is 0 Å². The lowest BCUT2D eigenvalue weighted by Gasteiger charge is -2.13. The van der Waals surface area contributed by atoms with E-state index in [0.717, 1.165) is 12.8 Å². The van der Waals surface area contributed by atoms with Crippen LogP contribution in [0.1, 0.15) is 78.6 Å². The van der Waals surface area contributed by atoms with Gasteiger partial charge in [0.2, 0.25) is 0 Å². The largest absolute Gasteiger partial charge is 0.466 e. The molecule has 0 rings (SSSR count). The van der Waals surface area contributed by atoms with E-state index in [1.54, 1.807) is 6.92 Å². The van der Waals surface area contributed by atoms with Crippen LogP contribution in [0.3, 0.4) is 0 Å². The van der Waals surface area contributed by atoms with Crippen molar-refractivity contribution in [3.63, 3.8) is 0 Å². The molecule has 0 heterocycles. The number of unbranched alkanes of at least 4 members (excludes halogenated alkanes) is 3. The summed E-state index contributed by atoms with van der Waals surface area (Å²) in [5.41, 5.74) is 0. The van der Waals surface area contributed by atoms with Crippen LogP contribution in [0.5, 0.6) is 0 Å². The second-order valence-corrected chi connectivity index (χ2v) is 5.17. The Morgan fingerprint density at radius 2 is 1.74 bits per heavy atom. The van der Waals surface area contributed by atoms with Crippen LogP contribution in [0.2, 0.25) is 0 Å². The van der Waals surface area contributed by atoms with Gasteiger partial charge in [-0.3, -0.25) is 9.59 Å². The van der Waals surface area contributed by atoms with Crippen LogP contribution in [0.25, 0.3) is 0 Å². The van der Waals surface area contributed by atoms with Crippen LogP contribution in [0, 0.1) is 5.92 Å². The second-order valence-electron chi connectivity index (χ2n) is 5.17. The Bertz CT molecular complexity index is 248. The molecule has 0 spiro atoms. The van der Waals surface area contributed by atoms with E-state index in [1.165, 1.54) is 25.7 Å². The summed E-state index contributed by atoms with van der Waals surface area (Å²) in [7, 11) is 0. The van der Waals surface area contributed by atoms with E-state index in [2.05, 4.69) is 13.8 Å². The van der Waals surface area contributed by atoms with Crippen molar-refractivity contribution >= 4 is 11.8 Å². The third-order valence-electron chi connectivity index (χ3n) is 3.47. The normalized spacial score (nSPS) is 12.2. The van der Waals surface area contributed by atoms with Crippen molar-refractivity contribution in [1.82, 2.24) is 0 Å². The average molecular weight is 270 g/mol. The quantitative estimate of drug-likeness (QED) is 0.392. The molecule has 3 heteroatoms. The monoisotopic (exact) mass is 270 g/mol. The van der Waals surface area contributed by atoms with Gasteiger partial charge in [0.15, 0.2) is 0 Å². The minimum atomic E-state index is -0.258. The molecule has 0 aliphatic rings. The molecule has 0 aromatic heterocycles. The maximum Gasteiger partial charge on any atom is 0.306 e. The Morgan fingerprint density at radius 1 is 1.00 bits per heavy atom. The molecular weight excluding hydrogens is 240 g/mol. The number of carbonyl (C=O) groups excluding carboxylic acids is 2. The minimum Gasteiger partial charge on any atom is -0.466 e. The molecule has 3 nitrogen and oxygen atoms in total. The van der Waals surface area contributed by atoms with E-state index in [0.29, 0.717) is 25.4 Å². The van der Waals surface area contributed by atoms with Crippen molar-refractivity contribution in [1.29, 1.82) is 0 Å². The molecule has 0 saturated carbocycles. The summed E-state index contributed by atoms with van der Waals surface area (Å²) in [4.78, 5) is 23.0. The van der Waals surface area contributed by atoms with E-state index in [-0.39, 0.29) is 18.2 Å². The van der Waals surface area contributed by atoms with Gasteiger partial charge in [-0.1, -0.05) is 52.4 Å². The lowest BCUT2D eigenvalue weighted by Crippen LogP contribution is -2.11. The van der Waals surface area contributed by atoms with E-state index < -0.39 is 0 Å². The lowest BCUT2D eigenvalue weighted by molar-refractivity contribution is -0.144. The Balaban J connectivity index is 3.77. The fourth-order valence-electron chi connectivity index (χ4n) is 2.21. The maximum absolute atomic E-state index is 11.8. The van der Waals surface area contributed by atoms with Crippen LogP contribution in [0.15, 0.2) is 0 Å². The van der Waals surface area contributed by atoms with Gasteiger partial charge in [0.25, 0.3) is 0 Å². The summed E-state index contributed by atoms with van der Waals surface area (Å²) >= 11 is 0. The van der Waals surface area contributed by atoms with Crippen LogP contribution in [-0.4, -0.2) is 18.4 Å². The molecule has 0 fully saturated rings. The molecule has 19 heavy (non-hydrogen) atoms. The number of carbonyl (C=O) groups is 2. The van der Waals surface area contributed by atoms with Crippen molar-refractivity contribution in [3.8, 4) is 0 Å². The molecule has 0 aliphatic carbocycles. The third kappa shape index (κ3) is 10.7. The molecule has 0 N–H and O–H groups in total. The summed E-state index contributed by atoms with van der Waals surface area (Å²) in [6.07, 6.45) is 8.41. The summed E-state index contributed by atoms with van der Waals surface area (Å²) in [6, 6.07) is 0. The van der Waals surface area contributed by atoms with Gasteiger partial charge < -0.3 is 4.74 Å². The predicted octanol–water partition coefficient (Wildman–Crippen LogP) is 4.29. The number of rotatable bonds is 12. The van der Waals surface area contributed by atoms with Gasteiger partial charge in [0, 0.05) is 12.8 Å². The predicted molar refractivity (Wildman–Crippen MR) is 78.0 cm³/mol. The standard InChI is InChI=1S/C16H30O3/c1-4-7-8-9-10-14(5-2)13-15(17)11-12-16(18)19-6-3/h14H,4-13H2,1-3H3. The summed E-state index contributed by atoms with van der Waals surface area (Å²) in [5.74, 6) is 0.439. The zero-order chi connectivity index (χ0) is 14.5. The number of hydrogen-bond acceptors (Lipinski definition) is 3. The van der Waals surface area contributed by atoms with Gasteiger partial charge in [0.1, 0.15) is 5.78 Å². The summed E-state index contributed by atoms with van der Waals surface area (Å²) < 4.78 is 4.82. The first kappa shape index (κ1) is 18.1. The van der Waals surface area contributed by atoms with Gasteiger partial charge in [-0.2, -0.15) is 0 Å². The molecular formula is C16H30O3.